The summed E-state index contributed by atoms with van der Waals surface area (Å²) in [5, 5.41) is 1.85. The normalized spacial score (nSPS) is 11.0. The highest BCUT2D eigenvalue weighted by Gasteiger charge is 2.11. The summed E-state index contributed by atoms with van der Waals surface area (Å²) in [6.45, 7) is 0. The van der Waals surface area contributed by atoms with Gasteiger partial charge in [-0.2, -0.15) is 0 Å². The lowest BCUT2D eigenvalue weighted by Gasteiger charge is -2.09. The first-order valence-electron chi connectivity index (χ1n) is 7.78. The van der Waals surface area contributed by atoms with Gasteiger partial charge in [-0.25, -0.2) is 4.98 Å². The number of para-hydroxylation sites is 1. The minimum Gasteiger partial charge on any atom is -0.306 e. The number of nitrogens with zero attached hydrogens (tertiary/aromatic N) is 1. The lowest BCUT2D eigenvalue weighted by molar-refractivity contribution is 1.18. The highest BCUT2D eigenvalue weighted by atomic mass is 35.5. The van der Waals surface area contributed by atoms with E-state index < -0.39 is 0 Å². The third-order valence-corrected chi connectivity index (χ3v) is 5.21. The first kappa shape index (κ1) is 17.1. The van der Waals surface area contributed by atoms with Gasteiger partial charge >= 0.3 is 0 Å². The zero-order valence-corrected chi connectivity index (χ0v) is 15.5. The Kier molecular flexibility index (Phi) is 4.45. The van der Waals surface area contributed by atoms with Crippen LogP contribution in [0, 0.1) is 0 Å². The number of rotatable bonds is 2. The molecule has 0 unspecified atom stereocenters. The van der Waals surface area contributed by atoms with E-state index in [1.807, 2.05) is 36.4 Å². The van der Waals surface area contributed by atoms with Crippen molar-refractivity contribution in [1.82, 2.24) is 9.97 Å². The second kappa shape index (κ2) is 6.76. The van der Waals surface area contributed by atoms with E-state index in [-0.39, 0.29) is 5.56 Å². The summed E-state index contributed by atoms with van der Waals surface area (Å²) in [5.74, 6) is 0.440. The topological polar surface area (TPSA) is 45.8 Å². The summed E-state index contributed by atoms with van der Waals surface area (Å²) in [7, 11) is 0. The van der Waals surface area contributed by atoms with Crippen molar-refractivity contribution in [1.29, 1.82) is 0 Å². The van der Waals surface area contributed by atoms with Gasteiger partial charge in [0.05, 0.1) is 26.0 Å². The maximum atomic E-state index is 12.4. The Labute approximate surface area is 164 Å². The molecule has 0 fully saturated rings. The molecule has 4 rings (SSSR count). The van der Waals surface area contributed by atoms with Gasteiger partial charge in [-0.15, -0.1) is 0 Å². The van der Waals surface area contributed by atoms with Gasteiger partial charge in [-0.3, -0.25) is 4.79 Å². The van der Waals surface area contributed by atoms with Crippen LogP contribution in [0.15, 0.2) is 65.5 Å². The number of halogens is 3. The molecule has 0 saturated carbocycles. The van der Waals surface area contributed by atoms with Gasteiger partial charge in [0.2, 0.25) is 0 Å². The first-order valence-corrected chi connectivity index (χ1v) is 8.91. The zero-order chi connectivity index (χ0) is 18.3. The van der Waals surface area contributed by atoms with Gasteiger partial charge in [-0.1, -0.05) is 71.2 Å². The highest BCUT2D eigenvalue weighted by molar-refractivity contribution is 6.43. The summed E-state index contributed by atoms with van der Waals surface area (Å²) in [6.07, 6.45) is 0. The monoisotopic (exact) mass is 400 g/mol. The number of nitrogens with one attached hydrogen (secondary N) is 1. The fourth-order valence-corrected chi connectivity index (χ4v) is 3.45. The third kappa shape index (κ3) is 2.99. The second-order valence-corrected chi connectivity index (χ2v) is 6.93. The number of benzene rings is 3. The smallest absolute Gasteiger partial charge is 0.259 e. The van der Waals surface area contributed by atoms with Crippen molar-refractivity contribution < 1.29 is 0 Å². The molecule has 6 heteroatoms. The Hall–Kier alpha value is -2.33. The van der Waals surface area contributed by atoms with E-state index >= 15 is 0 Å². The molecule has 0 atom stereocenters. The van der Waals surface area contributed by atoms with E-state index in [2.05, 4.69) is 9.97 Å². The fraction of sp³-hybridized carbons (Fsp3) is 0. The second-order valence-electron chi connectivity index (χ2n) is 5.73. The van der Waals surface area contributed by atoms with Gasteiger partial charge < -0.3 is 4.98 Å². The van der Waals surface area contributed by atoms with Gasteiger partial charge in [0.15, 0.2) is 0 Å². The van der Waals surface area contributed by atoms with E-state index in [1.54, 1.807) is 24.3 Å². The zero-order valence-electron chi connectivity index (χ0n) is 13.3. The van der Waals surface area contributed by atoms with Crippen molar-refractivity contribution in [3.05, 3.63) is 86.1 Å². The average Bonchev–Trinajstić information content (AvgIpc) is 2.65. The summed E-state index contributed by atoms with van der Waals surface area (Å²) in [5.41, 5.74) is 2.66. The minimum absolute atomic E-state index is 0.237. The largest absolute Gasteiger partial charge is 0.306 e. The number of aromatic nitrogens is 2. The molecule has 0 aliphatic carbocycles. The molecular weight excluding hydrogens is 391 g/mol. The Morgan fingerprint density at radius 3 is 2.35 bits per heavy atom. The van der Waals surface area contributed by atoms with Crippen molar-refractivity contribution in [3.8, 4) is 22.5 Å². The van der Waals surface area contributed by atoms with E-state index in [0.717, 1.165) is 16.7 Å². The van der Waals surface area contributed by atoms with E-state index in [1.165, 1.54) is 0 Å². The van der Waals surface area contributed by atoms with E-state index in [9.17, 15) is 4.79 Å². The first-order chi connectivity index (χ1) is 12.5. The molecule has 0 saturated heterocycles. The van der Waals surface area contributed by atoms with Crippen molar-refractivity contribution in [2.45, 2.75) is 0 Å². The van der Waals surface area contributed by atoms with Crippen molar-refractivity contribution in [2.24, 2.45) is 0 Å². The van der Waals surface area contributed by atoms with E-state index in [0.29, 0.717) is 31.8 Å². The number of hydrogen-bond donors (Lipinski definition) is 1. The average molecular weight is 402 g/mol. The van der Waals surface area contributed by atoms with Crippen molar-refractivity contribution >= 4 is 45.7 Å². The summed E-state index contributed by atoms with van der Waals surface area (Å²) in [6, 6.07) is 18.2. The molecule has 3 nitrogen and oxygen atoms in total. The lowest BCUT2D eigenvalue weighted by atomic mass is 10.0. The molecule has 0 bridgehead atoms. The Morgan fingerprint density at radius 2 is 1.50 bits per heavy atom. The van der Waals surface area contributed by atoms with Crippen molar-refractivity contribution in [3.63, 3.8) is 0 Å². The van der Waals surface area contributed by atoms with Crippen LogP contribution in [0.1, 0.15) is 0 Å². The number of H-pyrrole nitrogens is 1. The molecule has 0 amide bonds. The van der Waals surface area contributed by atoms with Crippen molar-refractivity contribution in [2.75, 3.05) is 0 Å². The molecular formula is C20H11Cl3N2O. The van der Waals surface area contributed by atoms with Gasteiger partial charge in [-0.05, 0) is 29.8 Å². The fourth-order valence-electron chi connectivity index (χ4n) is 2.82. The SMILES string of the molecule is O=c1[nH]c(-c2cccc(-c3cccc(Cl)c3Cl)c2)nc2c(Cl)cccc12. The minimum atomic E-state index is -0.237. The number of aromatic amines is 1. The van der Waals surface area contributed by atoms with Crippen LogP contribution in [0.3, 0.4) is 0 Å². The molecule has 128 valence electrons. The van der Waals surface area contributed by atoms with E-state index in [4.69, 9.17) is 34.8 Å². The van der Waals surface area contributed by atoms with Gasteiger partial charge in [0.25, 0.3) is 5.56 Å². The summed E-state index contributed by atoms with van der Waals surface area (Å²) >= 11 is 18.7. The molecule has 1 N–H and O–H groups in total. The Balaban J connectivity index is 1.90. The quantitative estimate of drug-likeness (QED) is 0.433. The van der Waals surface area contributed by atoms with Gasteiger partial charge in [0, 0.05) is 11.1 Å². The van der Waals surface area contributed by atoms with Crippen LogP contribution in [0.5, 0.6) is 0 Å². The highest BCUT2D eigenvalue weighted by Crippen LogP contribution is 2.34. The molecule has 0 spiro atoms. The number of fused-ring (bicyclic) bond motifs is 1. The Morgan fingerprint density at radius 1 is 0.808 bits per heavy atom. The Bertz CT molecular complexity index is 1200. The van der Waals surface area contributed by atoms with Crippen LogP contribution in [0.2, 0.25) is 15.1 Å². The molecule has 26 heavy (non-hydrogen) atoms. The van der Waals surface area contributed by atoms with Crippen LogP contribution in [0.4, 0.5) is 0 Å². The lowest BCUT2D eigenvalue weighted by Crippen LogP contribution is -2.09. The summed E-state index contributed by atoms with van der Waals surface area (Å²) in [4.78, 5) is 19.7. The van der Waals surface area contributed by atoms with Crippen LogP contribution in [-0.2, 0) is 0 Å². The molecule has 0 radical (unpaired) electrons. The third-order valence-electron chi connectivity index (χ3n) is 4.09. The standard InChI is InChI=1S/C20H11Cl3N2O/c21-15-8-2-6-13(17(15)23)11-4-1-5-12(10-11)19-24-18-14(20(26)25-19)7-3-9-16(18)22/h1-10H,(H,24,25,26). The molecule has 4 aromatic rings. The van der Waals surface area contributed by atoms with Gasteiger partial charge in [0.1, 0.15) is 5.82 Å². The van der Waals surface area contributed by atoms with Crippen LogP contribution >= 0.6 is 34.8 Å². The predicted octanol–water partition coefficient (Wildman–Crippen LogP) is 6.22. The molecule has 0 aliphatic rings. The maximum Gasteiger partial charge on any atom is 0.259 e. The molecule has 1 aromatic heterocycles. The van der Waals surface area contributed by atoms with Crippen LogP contribution < -0.4 is 5.56 Å². The van der Waals surface area contributed by atoms with Crippen LogP contribution in [-0.4, -0.2) is 9.97 Å². The number of hydrogen-bond acceptors (Lipinski definition) is 2. The molecule has 0 aliphatic heterocycles. The van der Waals surface area contributed by atoms with Crippen LogP contribution in [0.25, 0.3) is 33.4 Å². The maximum absolute atomic E-state index is 12.4. The molecule has 3 aromatic carbocycles. The predicted molar refractivity (Wildman–Crippen MR) is 108 cm³/mol. The summed E-state index contributed by atoms with van der Waals surface area (Å²) < 4.78 is 0. The molecule has 1 heterocycles.